The third-order valence-electron chi connectivity index (χ3n) is 1.73. The van der Waals surface area contributed by atoms with Crippen molar-refractivity contribution in [3.8, 4) is 5.92 Å². The van der Waals surface area contributed by atoms with Crippen LogP contribution in [0.4, 0.5) is 0 Å². The first-order chi connectivity index (χ1) is 5.99. The predicted molar refractivity (Wildman–Crippen MR) is 55.9 cm³/mol. The van der Waals surface area contributed by atoms with E-state index in [1.54, 1.807) is 0 Å². The lowest BCUT2D eigenvalue weighted by molar-refractivity contribution is -0.0374. The molecule has 1 atom stereocenters. The van der Waals surface area contributed by atoms with E-state index in [1.807, 2.05) is 20.8 Å². The summed E-state index contributed by atoms with van der Waals surface area (Å²) in [7, 11) is 0. The molecule has 1 radical (unpaired) electrons. The van der Waals surface area contributed by atoms with Crippen molar-refractivity contribution < 1.29 is 4.74 Å². The molecule has 13 heavy (non-hydrogen) atoms. The van der Waals surface area contributed by atoms with Crippen LogP contribution in [0.5, 0.6) is 0 Å². The molecule has 0 amide bonds. The molecule has 1 heteroatoms. The van der Waals surface area contributed by atoms with Gasteiger partial charge in [0.15, 0.2) is 0 Å². The Hall–Kier alpha value is -0.480. The molecule has 0 aliphatic heterocycles. The Labute approximate surface area is 82.9 Å². The maximum absolute atomic E-state index is 7.10. The van der Waals surface area contributed by atoms with Gasteiger partial charge in [-0.3, -0.25) is 0 Å². The molecule has 0 fully saturated rings. The predicted octanol–water partition coefficient (Wildman–Crippen LogP) is 3.34. The standard InChI is InChI=1S/C12H21O/c1-6-8-9-10-11(7-2)13-12(3,4)5/h11H,6,8-10H2,1,3-5H3. The van der Waals surface area contributed by atoms with E-state index in [0.29, 0.717) is 0 Å². The molecule has 1 nitrogen and oxygen atoms in total. The Morgan fingerprint density at radius 1 is 1.31 bits per heavy atom. The summed E-state index contributed by atoms with van der Waals surface area (Å²) < 4.78 is 5.63. The number of hydrogen-bond donors (Lipinski definition) is 0. The first-order valence-electron chi connectivity index (χ1n) is 5.09. The summed E-state index contributed by atoms with van der Waals surface area (Å²) in [5.74, 6) is 2.45. The minimum absolute atomic E-state index is 0.119. The highest BCUT2D eigenvalue weighted by atomic mass is 16.5. The third kappa shape index (κ3) is 7.87. The van der Waals surface area contributed by atoms with Gasteiger partial charge in [0.1, 0.15) is 6.10 Å². The second kappa shape index (κ2) is 6.05. The van der Waals surface area contributed by atoms with Crippen LogP contribution in [0, 0.1) is 12.3 Å². The Morgan fingerprint density at radius 3 is 2.31 bits per heavy atom. The molecule has 0 aromatic heterocycles. The van der Waals surface area contributed by atoms with Crippen LogP contribution in [0.2, 0.25) is 0 Å². The Bertz CT molecular complexity index is 159. The van der Waals surface area contributed by atoms with Crippen LogP contribution in [0.15, 0.2) is 0 Å². The summed E-state index contributed by atoms with van der Waals surface area (Å²) in [5, 5.41) is 0. The van der Waals surface area contributed by atoms with Gasteiger partial charge >= 0.3 is 0 Å². The van der Waals surface area contributed by atoms with E-state index < -0.39 is 0 Å². The van der Waals surface area contributed by atoms with Crippen molar-refractivity contribution in [2.45, 2.75) is 65.1 Å². The first-order valence-corrected chi connectivity index (χ1v) is 5.09. The lowest BCUT2D eigenvalue weighted by atomic mass is 10.1. The minimum Gasteiger partial charge on any atom is -0.360 e. The summed E-state index contributed by atoms with van der Waals surface area (Å²) in [6, 6.07) is 0. The average molecular weight is 181 g/mol. The second-order valence-electron chi connectivity index (χ2n) is 4.36. The van der Waals surface area contributed by atoms with Gasteiger partial charge in [0.05, 0.1) is 5.60 Å². The molecule has 0 aliphatic rings. The number of hydrogen-bond acceptors (Lipinski definition) is 1. The van der Waals surface area contributed by atoms with Gasteiger partial charge in [0.2, 0.25) is 0 Å². The van der Waals surface area contributed by atoms with Crippen LogP contribution in [0.25, 0.3) is 0 Å². The van der Waals surface area contributed by atoms with Crippen molar-refractivity contribution in [2.75, 3.05) is 0 Å². The van der Waals surface area contributed by atoms with Crippen LogP contribution in [-0.2, 0) is 4.74 Å². The molecule has 0 rings (SSSR count). The van der Waals surface area contributed by atoms with E-state index in [2.05, 4.69) is 12.8 Å². The van der Waals surface area contributed by atoms with E-state index in [9.17, 15) is 0 Å². The lowest BCUT2D eigenvalue weighted by Crippen LogP contribution is -2.26. The van der Waals surface area contributed by atoms with Gasteiger partial charge < -0.3 is 4.74 Å². The molecule has 0 spiro atoms. The summed E-state index contributed by atoms with van der Waals surface area (Å²) >= 11 is 0. The van der Waals surface area contributed by atoms with Gasteiger partial charge in [0.25, 0.3) is 0 Å². The van der Waals surface area contributed by atoms with Crippen molar-refractivity contribution in [2.24, 2.45) is 0 Å². The Morgan fingerprint density at radius 2 is 1.92 bits per heavy atom. The van der Waals surface area contributed by atoms with E-state index in [0.717, 1.165) is 12.8 Å². The van der Waals surface area contributed by atoms with Gasteiger partial charge in [0, 0.05) is 0 Å². The van der Waals surface area contributed by atoms with Crippen molar-refractivity contribution in [1.29, 1.82) is 0 Å². The molecule has 0 saturated carbocycles. The highest BCUT2D eigenvalue weighted by Crippen LogP contribution is 2.14. The molecule has 1 unspecified atom stereocenters. The molecule has 0 aromatic rings. The molecule has 0 heterocycles. The number of rotatable bonds is 5. The van der Waals surface area contributed by atoms with Gasteiger partial charge in [-0.1, -0.05) is 25.7 Å². The van der Waals surface area contributed by atoms with Crippen LogP contribution >= 0.6 is 0 Å². The fourth-order valence-electron chi connectivity index (χ4n) is 1.17. The van der Waals surface area contributed by atoms with Crippen molar-refractivity contribution in [1.82, 2.24) is 0 Å². The van der Waals surface area contributed by atoms with Gasteiger partial charge in [-0.25, -0.2) is 0 Å². The Balaban J connectivity index is 3.72. The van der Waals surface area contributed by atoms with Crippen molar-refractivity contribution >= 4 is 0 Å². The highest BCUT2D eigenvalue weighted by Gasteiger charge is 2.16. The minimum atomic E-state index is -0.162. The quantitative estimate of drug-likeness (QED) is 0.467. The van der Waals surface area contributed by atoms with Crippen molar-refractivity contribution in [3.05, 3.63) is 6.42 Å². The summed E-state index contributed by atoms with van der Waals surface area (Å²) in [5.41, 5.74) is -0.162. The van der Waals surface area contributed by atoms with Gasteiger partial charge in [-0.05, 0) is 40.0 Å². The van der Waals surface area contributed by atoms with Gasteiger partial charge in [-0.15, -0.1) is 0 Å². The van der Waals surface area contributed by atoms with E-state index >= 15 is 0 Å². The molecule has 0 bridgehead atoms. The zero-order valence-electron chi connectivity index (χ0n) is 9.31. The SMILES string of the molecule is [C]#CC(CCCCC)OC(C)(C)C. The number of unbranched alkanes of at least 4 members (excludes halogenated alkanes) is 2. The van der Waals surface area contributed by atoms with Crippen LogP contribution in [-0.4, -0.2) is 11.7 Å². The van der Waals surface area contributed by atoms with Gasteiger partial charge in [-0.2, -0.15) is 0 Å². The topological polar surface area (TPSA) is 9.23 Å². The normalized spacial score (nSPS) is 13.8. The van der Waals surface area contributed by atoms with Crippen molar-refractivity contribution in [3.63, 3.8) is 0 Å². The molecule has 75 valence electrons. The average Bonchev–Trinajstić information content (AvgIpc) is 2.01. The molecular weight excluding hydrogens is 160 g/mol. The lowest BCUT2D eigenvalue weighted by Gasteiger charge is -2.24. The maximum Gasteiger partial charge on any atom is 0.119 e. The zero-order valence-corrected chi connectivity index (χ0v) is 9.31. The largest absolute Gasteiger partial charge is 0.360 e. The first kappa shape index (κ1) is 12.5. The monoisotopic (exact) mass is 181 g/mol. The molecular formula is C12H21O. The second-order valence-corrected chi connectivity index (χ2v) is 4.36. The highest BCUT2D eigenvalue weighted by molar-refractivity contribution is 4.90. The molecule has 0 aliphatic carbocycles. The van der Waals surface area contributed by atoms with Crippen LogP contribution in [0.3, 0.4) is 0 Å². The third-order valence-corrected chi connectivity index (χ3v) is 1.73. The van der Waals surface area contributed by atoms with Crippen LogP contribution in [0.1, 0.15) is 53.4 Å². The van der Waals surface area contributed by atoms with E-state index in [1.165, 1.54) is 12.8 Å². The maximum atomic E-state index is 7.10. The molecule has 0 N–H and O–H groups in total. The van der Waals surface area contributed by atoms with E-state index in [4.69, 9.17) is 11.2 Å². The van der Waals surface area contributed by atoms with Crippen LogP contribution < -0.4 is 0 Å². The summed E-state index contributed by atoms with van der Waals surface area (Å²) in [6.07, 6.45) is 11.5. The smallest absolute Gasteiger partial charge is 0.119 e. The molecule has 0 saturated heterocycles. The fourth-order valence-corrected chi connectivity index (χ4v) is 1.17. The zero-order chi connectivity index (χ0) is 10.3. The summed E-state index contributed by atoms with van der Waals surface area (Å²) in [4.78, 5) is 0. The Kier molecular flexibility index (Phi) is 5.82. The fraction of sp³-hybridized carbons (Fsp3) is 0.833. The molecule has 0 aromatic carbocycles. The number of ether oxygens (including phenoxy) is 1. The van der Waals surface area contributed by atoms with E-state index in [-0.39, 0.29) is 11.7 Å². The summed E-state index contributed by atoms with van der Waals surface area (Å²) in [6.45, 7) is 8.21.